The number of alkyl halides is 3. The van der Waals surface area contributed by atoms with Crippen molar-refractivity contribution < 1.29 is 13.2 Å². The first-order valence-corrected chi connectivity index (χ1v) is 5.07. The van der Waals surface area contributed by atoms with E-state index in [0.29, 0.717) is 11.0 Å². The first-order chi connectivity index (χ1) is 8.48. The lowest BCUT2D eigenvalue weighted by molar-refractivity contribution is -0.141. The molecule has 0 saturated carbocycles. The van der Waals surface area contributed by atoms with Gasteiger partial charge in [-0.25, -0.2) is 9.97 Å². The Balaban J connectivity index is 2.56. The van der Waals surface area contributed by atoms with Crippen LogP contribution in [0.25, 0.3) is 16.7 Å². The number of nitrogen functional groups attached to an aromatic ring is 1. The molecule has 0 amide bonds. The van der Waals surface area contributed by atoms with E-state index in [-0.39, 0.29) is 11.5 Å². The van der Waals surface area contributed by atoms with Crippen molar-refractivity contribution in [2.75, 3.05) is 5.73 Å². The number of benzene rings is 1. The highest BCUT2D eigenvalue weighted by Gasteiger charge is 2.35. The second-order valence-corrected chi connectivity index (χ2v) is 3.79. The number of imidazole rings is 1. The fourth-order valence-corrected chi connectivity index (χ4v) is 1.90. The lowest BCUT2D eigenvalue weighted by atomic mass is 10.3. The number of hydrogen-bond donors (Lipinski definition) is 1. The van der Waals surface area contributed by atoms with Gasteiger partial charge in [-0.05, 0) is 12.1 Å². The quantitative estimate of drug-likeness (QED) is 0.668. The van der Waals surface area contributed by atoms with E-state index in [0.717, 1.165) is 10.6 Å². The van der Waals surface area contributed by atoms with E-state index in [4.69, 9.17) is 5.73 Å². The molecule has 0 fully saturated rings. The van der Waals surface area contributed by atoms with E-state index in [1.165, 1.54) is 0 Å². The third-order valence-corrected chi connectivity index (χ3v) is 2.64. The summed E-state index contributed by atoms with van der Waals surface area (Å²) in [5, 5.41) is 0. The van der Waals surface area contributed by atoms with Crippen LogP contribution in [0.3, 0.4) is 0 Å². The Kier molecular flexibility index (Phi) is 2.01. The highest BCUT2D eigenvalue weighted by Crippen LogP contribution is 2.32. The van der Waals surface area contributed by atoms with Gasteiger partial charge in [-0.2, -0.15) is 13.2 Å². The molecule has 2 heterocycles. The van der Waals surface area contributed by atoms with Crippen LogP contribution >= 0.6 is 0 Å². The predicted molar refractivity (Wildman–Crippen MR) is 59.9 cm³/mol. The van der Waals surface area contributed by atoms with E-state index < -0.39 is 11.9 Å². The van der Waals surface area contributed by atoms with Crippen molar-refractivity contribution in [1.29, 1.82) is 0 Å². The van der Waals surface area contributed by atoms with E-state index in [9.17, 15) is 13.2 Å². The molecule has 0 spiro atoms. The molecule has 0 aliphatic rings. The van der Waals surface area contributed by atoms with Gasteiger partial charge in [-0.15, -0.1) is 0 Å². The Bertz CT molecular complexity index is 745. The normalized spacial score (nSPS) is 12.4. The largest absolute Gasteiger partial charge is 0.433 e. The van der Waals surface area contributed by atoms with Crippen molar-refractivity contribution >= 4 is 22.5 Å². The molecule has 0 aliphatic heterocycles. The molecule has 1 aromatic carbocycles. The number of aromatic nitrogens is 3. The summed E-state index contributed by atoms with van der Waals surface area (Å²) in [7, 11) is 0. The molecule has 4 nitrogen and oxygen atoms in total. The van der Waals surface area contributed by atoms with Crippen LogP contribution in [-0.4, -0.2) is 14.4 Å². The fraction of sp³-hybridized carbons (Fsp3) is 0.0909. The Morgan fingerprint density at radius 1 is 1.17 bits per heavy atom. The summed E-state index contributed by atoms with van der Waals surface area (Å²) >= 11 is 0. The minimum absolute atomic E-state index is 0.0148. The molecular weight excluding hydrogens is 245 g/mol. The van der Waals surface area contributed by atoms with Gasteiger partial charge in [0.1, 0.15) is 5.69 Å². The molecule has 0 radical (unpaired) electrons. The SMILES string of the molecule is Nc1nc2ccccc2n2c(C(F)(F)F)cnc12. The second-order valence-electron chi connectivity index (χ2n) is 3.79. The predicted octanol–water partition coefficient (Wildman–Crippen LogP) is 2.48. The van der Waals surface area contributed by atoms with Gasteiger partial charge in [-0.3, -0.25) is 4.40 Å². The van der Waals surface area contributed by atoms with Crippen molar-refractivity contribution in [3.63, 3.8) is 0 Å². The zero-order valence-electron chi connectivity index (χ0n) is 8.94. The molecule has 0 aliphatic carbocycles. The van der Waals surface area contributed by atoms with Gasteiger partial charge in [0.05, 0.1) is 17.2 Å². The van der Waals surface area contributed by atoms with Gasteiger partial charge in [-0.1, -0.05) is 12.1 Å². The van der Waals surface area contributed by atoms with Crippen LogP contribution in [0.5, 0.6) is 0 Å². The topological polar surface area (TPSA) is 56.2 Å². The molecule has 92 valence electrons. The fourth-order valence-electron chi connectivity index (χ4n) is 1.90. The van der Waals surface area contributed by atoms with Crippen molar-refractivity contribution in [1.82, 2.24) is 14.4 Å². The second kappa shape index (κ2) is 3.34. The maximum atomic E-state index is 12.9. The van der Waals surface area contributed by atoms with Crippen LogP contribution in [0.1, 0.15) is 5.69 Å². The number of halogens is 3. The summed E-state index contributed by atoms with van der Waals surface area (Å²) < 4.78 is 39.6. The third-order valence-electron chi connectivity index (χ3n) is 2.64. The number of anilines is 1. The highest BCUT2D eigenvalue weighted by molar-refractivity contribution is 5.82. The van der Waals surface area contributed by atoms with Gasteiger partial charge in [0.2, 0.25) is 0 Å². The number of nitrogens with zero attached hydrogens (tertiary/aromatic N) is 3. The lowest BCUT2D eigenvalue weighted by Gasteiger charge is -2.09. The summed E-state index contributed by atoms with van der Waals surface area (Å²) in [6, 6.07) is 6.47. The van der Waals surface area contributed by atoms with Crippen molar-refractivity contribution in [2.24, 2.45) is 0 Å². The Hall–Kier alpha value is -2.31. The minimum Gasteiger partial charge on any atom is -0.381 e. The number of nitrogens with two attached hydrogens (primary N) is 1. The Morgan fingerprint density at radius 3 is 2.61 bits per heavy atom. The van der Waals surface area contributed by atoms with Crippen LogP contribution in [0.4, 0.5) is 19.0 Å². The zero-order chi connectivity index (χ0) is 12.9. The van der Waals surface area contributed by atoms with Crippen LogP contribution in [0.2, 0.25) is 0 Å². The van der Waals surface area contributed by atoms with Crippen molar-refractivity contribution in [3.05, 3.63) is 36.2 Å². The Labute approximate surface area is 98.9 Å². The van der Waals surface area contributed by atoms with Crippen LogP contribution < -0.4 is 5.73 Å². The molecule has 3 aromatic rings. The molecule has 18 heavy (non-hydrogen) atoms. The first-order valence-electron chi connectivity index (χ1n) is 5.07. The molecule has 0 bridgehead atoms. The van der Waals surface area contributed by atoms with Gasteiger partial charge in [0.25, 0.3) is 0 Å². The summed E-state index contributed by atoms with van der Waals surface area (Å²) in [4.78, 5) is 7.72. The number of fused-ring (bicyclic) bond motifs is 3. The summed E-state index contributed by atoms with van der Waals surface area (Å²) in [6.45, 7) is 0. The van der Waals surface area contributed by atoms with Crippen LogP contribution in [-0.2, 0) is 6.18 Å². The molecule has 0 atom stereocenters. The van der Waals surface area contributed by atoms with Crippen LogP contribution in [0, 0.1) is 0 Å². The third kappa shape index (κ3) is 1.40. The highest BCUT2D eigenvalue weighted by atomic mass is 19.4. The van der Waals surface area contributed by atoms with E-state index >= 15 is 0 Å². The van der Waals surface area contributed by atoms with Crippen molar-refractivity contribution in [3.8, 4) is 0 Å². The van der Waals surface area contributed by atoms with E-state index in [1.54, 1.807) is 24.3 Å². The van der Waals surface area contributed by atoms with Crippen LogP contribution in [0.15, 0.2) is 30.5 Å². The van der Waals surface area contributed by atoms with Gasteiger partial charge < -0.3 is 5.73 Å². The summed E-state index contributed by atoms with van der Waals surface area (Å²) in [6.07, 6.45) is -3.73. The van der Waals surface area contributed by atoms with E-state index in [2.05, 4.69) is 9.97 Å². The molecule has 0 unspecified atom stereocenters. The number of hydrogen-bond acceptors (Lipinski definition) is 3. The number of para-hydroxylation sites is 2. The zero-order valence-corrected chi connectivity index (χ0v) is 8.94. The lowest BCUT2D eigenvalue weighted by Crippen LogP contribution is -2.10. The Morgan fingerprint density at radius 2 is 1.89 bits per heavy atom. The molecule has 3 rings (SSSR count). The van der Waals surface area contributed by atoms with Gasteiger partial charge in [0, 0.05) is 0 Å². The smallest absolute Gasteiger partial charge is 0.381 e. The molecular formula is C11H7F3N4. The van der Waals surface area contributed by atoms with E-state index in [1.807, 2.05) is 0 Å². The molecule has 2 aromatic heterocycles. The minimum atomic E-state index is -4.49. The molecule has 7 heteroatoms. The standard InChI is InChI=1S/C11H7F3N4/c12-11(13,14)8-5-16-10-9(15)17-6-3-1-2-4-7(6)18(8)10/h1-5H,(H2,15,17). The maximum absolute atomic E-state index is 12.9. The van der Waals surface area contributed by atoms with Gasteiger partial charge in [0.15, 0.2) is 11.5 Å². The average molecular weight is 252 g/mol. The maximum Gasteiger partial charge on any atom is 0.433 e. The monoisotopic (exact) mass is 252 g/mol. The molecule has 0 saturated heterocycles. The number of rotatable bonds is 0. The summed E-state index contributed by atoms with van der Waals surface area (Å²) in [5.74, 6) is -0.0239. The summed E-state index contributed by atoms with van der Waals surface area (Å²) in [5.41, 5.74) is 5.49. The molecule has 2 N–H and O–H groups in total. The van der Waals surface area contributed by atoms with Crippen molar-refractivity contribution in [2.45, 2.75) is 6.18 Å². The average Bonchev–Trinajstić information content (AvgIpc) is 2.74. The van der Waals surface area contributed by atoms with Gasteiger partial charge >= 0.3 is 6.18 Å². The first kappa shape index (κ1) is 10.8.